The SMILES string of the molecule is OCc1cc([C@@H](O)CNCCCCCCOCCOCc2ccc(I)cc2)ccc1O. The Labute approximate surface area is 198 Å². The number of unbranched alkanes of at least 4 members (excludes halogenated alkanes) is 3. The fourth-order valence-corrected chi connectivity index (χ4v) is 3.45. The van der Waals surface area contributed by atoms with Crippen molar-refractivity contribution in [1.29, 1.82) is 0 Å². The Morgan fingerprint density at radius 3 is 2.42 bits per heavy atom. The van der Waals surface area contributed by atoms with Gasteiger partial charge in [0.05, 0.1) is 32.5 Å². The lowest BCUT2D eigenvalue weighted by molar-refractivity contribution is 0.0393. The van der Waals surface area contributed by atoms with E-state index in [0.29, 0.717) is 37.5 Å². The number of halogens is 1. The Morgan fingerprint density at radius 2 is 1.65 bits per heavy atom. The summed E-state index contributed by atoms with van der Waals surface area (Å²) in [5.74, 6) is 0.0462. The molecule has 1 atom stereocenters. The highest BCUT2D eigenvalue weighted by atomic mass is 127. The minimum atomic E-state index is -0.660. The van der Waals surface area contributed by atoms with Crippen LogP contribution < -0.4 is 5.32 Å². The van der Waals surface area contributed by atoms with Crippen molar-refractivity contribution >= 4 is 22.6 Å². The summed E-state index contributed by atoms with van der Waals surface area (Å²) in [4.78, 5) is 0. The van der Waals surface area contributed by atoms with E-state index in [4.69, 9.17) is 9.47 Å². The van der Waals surface area contributed by atoms with E-state index in [1.165, 1.54) is 15.2 Å². The number of rotatable bonds is 16. The number of phenols is 1. The lowest BCUT2D eigenvalue weighted by Crippen LogP contribution is -2.22. The molecule has 0 bridgehead atoms. The first kappa shape index (κ1) is 26.0. The Balaban J connectivity index is 1.39. The maximum absolute atomic E-state index is 10.2. The predicted molar refractivity (Wildman–Crippen MR) is 130 cm³/mol. The summed E-state index contributed by atoms with van der Waals surface area (Å²) < 4.78 is 12.5. The van der Waals surface area contributed by atoms with E-state index in [0.717, 1.165) is 38.8 Å². The van der Waals surface area contributed by atoms with Gasteiger partial charge in [0.25, 0.3) is 0 Å². The molecule has 0 radical (unpaired) electrons. The van der Waals surface area contributed by atoms with E-state index in [1.807, 2.05) is 0 Å². The van der Waals surface area contributed by atoms with Crippen molar-refractivity contribution in [3.05, 3.63) is 62.7 Å². The summed E-state index contributed by atoms with van der Waals surface area (Å²) in [5, 5.41) is 32.2. The van der Waals surface area contributed by atoms with Crippen molar-refractivity contribution in [2.24, 2.45) is 0 Å². The summed E-state index contributed by atoms with van der Waals surface area (Å²) in [7, 11) is 0. The number of ether oxygens (including phenoxy) is 2. The Kier molecular flexibility index (Phi) is 13.1. The standard InChI is InChI=1S/C24H34INO5/c25-22-8-5-19(6-9-22)18-31-14-13-30-12-4-2-1-3-11-26-16-24(29)20-7-10-23(28)21(15-20)17-27/h5-10,15,24,26-29H,1-4,11-14,16-18H2/t24-/m0/s1. The molecular formula is C24H34INO5. The second-order valence-electron chi connectivity index (χ2n) is 7.47. The lowest BCUT2D eigenvalue weighted by Gasteiger charge is -2.14. The molecule has 0 fully saturated rings. The number of hydrogen-bond acceptors (Lipinski definition) is 6. The third kappa shape index (κ3) is 10.8. The second kappa shape index (κ2) is 15.6. The van der Waals surface area contributed by atoms with E-state index >= 15 is 0 Å². The van der Waals surface area contributed by atoms with Crippen LogP contribution in [0, 0.1) is 3.57 Å². The van der Waals surface area contributed by atoms with Gasteiger partial charge in [-0.3, -0.25) is 0 Å². The molecule has 172 valence electrons. The van der Waals surface area contributed by atoms with Crippen LogP contribution in [0.5, 0.6) is 5.75 Å². The average Bonchev–Trinajstić information content (AvgIpc) is 2.78. The minimum Gasteiger partial charge on any atom is -0.508 e. The smallest absolute Gasteiger partial charge is 0.121 e. The Bertz CT molecular complexity index is 741. The van der Waals surface area contributed by atoms with Crippen molar-refractivity contribution in [1.82, 2.24) is 5.32 Å². The van der Waals surface area contributed by atoms with Crippen molar-refractivity contribution in [3.63, 3.8) is 0 Å². The molecule has 0 unspecified atom stereocenters. The summed E-state index contributed by atoms with van der Waals surface area (Å²) in [6, 6.07) is 13.1. The quantitative estimate of drug-likeness (QED) is 0.190. The molecule has 0 aliphatic heterocycles. The molecule has 2 aromatic carbocycles. The fourth-order valence-electron chi connectivity index (χ4n) is 3.09. The maximum atomic E-state index is 10.2. The first-order chi connectivity index (χ1) is 15.1. The average molecular weight is 543 g/mol. The van der Waals surface area contributed by atoms with Crippen molar-refractivity contribution in [3.8, 4) is 5.75 Å². The normalized spacial score (nSPS) is 12.2. The molecule has 2 aromatic rings. The van der Waals surface area contributed by atoms with Gasteiger partial charge in [-0.1, -0.05) is 31.0 Å². The molecule has 2 rings (SSSR count). The van der Waals surface area contributed by atoms with Crippen LogP contribution in [0.15, 0.2) is 42.5 Å². The highest BCUT2D eigenvalue weighted by Gasteiger charge is 2.09. The van der Waals surface area contributed by atoms with Gasteiger partial charge in [-0.15, -0.1) is 0 Å². The molecule has 0 amide bonds. The van der Waals surface area contributed by atoms with Gasteiger partial charge in [0.1, 0.15) is 5.75 Å². The molecule has 0 spiro atoms. The number of benzene rings is 2. The second-order valence-corrected chi connectivity index (χ2v) is 8.72. The van der Waals surface area contributed by atoms with E-state index in [9.17, 15) is 15.3 Å². The third-order valence-electron chi connectivity index (χ3n) is 4.94. The molecule has 31 heavy (non-hydrogen) atoms. The Hall–Kier alpha value is -1.23. The molecule has 6 nitrogen and oxygen atoms in total. The minimum absolute atomic E-state index is 0.0462. The van der Waals surface area contributed by atoms with E-state index in [1.54, 1.807) is 12.1 Å². The van der Waals surface area contributed by atoms with E-state index < -0.39 is 6.10 Å². The number of aliphatic hydroxyl groups is 2. The highest BCUT2D eigenvalue weighted by molar-refractivity contribution is 14.1. The molecule has 0 aliphatic rings. The van der Waals surface area contributed by atoms with Crippen LogP contribution in [0.2, 0.25) is 0 Å². The molecular weight excluding hydrogens is 509 g/mol. The zero-order chi connectivity index (χ0) is 22.3. The van der Waals surface area contributed by atoms with Crippen molar-refractivity contribution in [2.45, 2.75) is 45.0 Å². The zero-order valence-corrected chi connectivity index (χ0v) is 20.1. The molecule has 4 N–H and O–H groups in total. The molecule has 7 heteroatoms. The third-order valence-corrected chi connectivity index (χ3v) is 5.66. The van der Waals surface area contributed by atoms with Crippen LogP contribution in [0.1, 0.15) is 48.5 Å². The molecule has 0 saturated heterocycles. The monoisotopic (exact) mass is 543 g/mol. The van der Waals surface area contributed by atoms with Gasteiger partial charge < -0.3 is 30.1 Å². The summed E-state index contributed by atoms with van der Waals surface area (Å²) in [6.45, 7) is 3.66. The number of nitrogens with one attached hydrogen (secondary N) is 1. The van der Waals surface area contributed by atoms with Crippen LogP contribution in [0.25, 0.3) is 0 Å². The summed E-state index contributed by atoms with van der Waals surface area (Å²) >= 11 is 2.29. The predicted octanol–water partition coefficient (Wildman–Crippen LogP) is 3.91. The van der Waals surface area contributed by atoms with Crippen LogP contribution in [0.4, 0.5) is 0 Å². The van der Waals surface area contributed by atoms with Gasteiger partial charge in [0, 0.05) is 22.3 Å². The van der Waals surface area contributed by atoms with Gasteiger partial charge in [-0.25, -0.2) is 0 Å². The van der Waals surface area contributed by atoms with Gasteiger partial charge in [0.2, 0.25) is 0 Å². The highest BCUT2D eigenvalue weighted by Crippen LogP contribution is 2.22. The topological polar surface area (TPSA) is 91.2 Å². The van der Waals surface area contributed by atoms with Crippen molar-refractivity contribution in [2.75, 3.05) is 32.9 Å². The lowest BCUT2D eigenvalue weighted by atomic mass is 10.1. The zero-order valence-electron chi connectivity index (χ0n) is 17.9. The number of aliphatic hydroxyl groups excluding tert-OH is 2. The maximum Gasteiger partial charge on any atom is 0.121 e. The number of aromatic hydroxyl groups is 1. The summed E-state index contributed by atoms with van der Waals surface area (Å²) in [5.41, 5.74) is 2.30. The molecule has 0 saturated carbocycles. The largest absolute Gasteiger partial charge is 0.508 e. The Morgan fingerprint density at radius 1 is 0.903 bits per heavy atom. The molecule has 0 aromatic heterocycles. The van der Waals surface area contributed by atoms with Gasteiger partial charge >= 0.3 is 0 Å². The van der Waals surface area contributed by atoms with Crippen LogP contribution in [-0.2, 0) is 22.7 Å². The van der Waals surface area contributed by atoms with Gasteiger partial charge in [0.15, 0.2) is 0 Å². The van der Waals surface area contributed by atoms with E-state index in [-0.39, 0.29) is 12.4 Å². The van der Waals surface area contributed by atoms with Crippen molar-refractivity contribution < 1.29 is 24.8 Å². The fraction of sp³-hybridized carbons (Fsp3) is 0.500. The van der Waals surface area contributed by atoms with Crippen LogP contribution >= 0.6 is 22.6 Å². The molecule has 0 heterocycles. The van der Waals surface area contributed by atoms with Gasteiger partial charge in [-0.05, 0) is 77.4 Å². The van der Waals surface area contributed by atoms with Crippen LogP contribution in [-0.4, -0.2) is 48.2 Å². The first-order valence-electron chi connectivity index (χ1n) is 10.8. The number of hydrogen-bond donors (Lipinski definition) is 4. The van der Waals surface area contributed by atoms with Gasteiger partial charge in [-0.2, -0.15) is 0 Å². The molecule has 0 aliphatic carbocycles. The summed E-state index contributed by atoms with van der Waals surface area (Å²) in [6.07, 6.45) is 3.66. The first-order valence-corrected chi connectivity index (χ1v) is 11.9. The van der Waals surface area contributed by atoms with Crippen LogP contribution in [0.3, 0.4) is 0 Å². The van der Waals surface area contributed by atoms with E-state index in [2.05, 4.69) is 52.2 Å².